The second-order valence-electron chi connectivity index (χ2n) is 9.86. The maximum absolute atomic E-state index is 6.52. The summed E-state index contributed by atoms with van der Waals surface area (Å²) in [7, 11) is 0. The summed E-state index contributed by atoms with van der Waals surface area (Å²) in [6, 6.07) is 0. The minimum Gasteiger partial charge on any atom is -0.349 e. The summed E-state index contributed by atoms with van der Waals surface area (Å²) in [5.74, 6) is 1.57. The van der Waals surface area contributed by atoms with Gasteiger partial charge in [-0.2, -0.15) is 0 Å². The molecule has 0 N–H and O–H groups in total. The fourth-order valence-corrected chi connectivity index (χ4v) is 6.51. The molecule has 5 heteroatoms. The number of rotatable bonds is 2. The summed E-state index contributed by atoms with van der Waals surface area (Å²) in [5, 5.41) is 0. The van der Waals surface area contributed by atoms with Crippen LogP contribution in [0.3, 0.4) is 0 Å². The lowest BCUT2D eigenvalue weighted by molar-refractivity contribution is -0.578. The molecule has 4 saturated heterocycles. The van der Waals surface area contributed by atoms with E-state index in [1.54, 1.807) is 0 Å². The predicted octanol–water partition coefficient (Wildman–Crippen LogP) is 4.40. The van der Waals surface area contributed by atoms with Crippen LogP contribution in [0.1, 0.15) is 72.6 Å². The standard InChI is InChI=1S/C21H34O5/c1-12-8-9-16-14(3)18(22-17-7-5-6-13(17)2)23-19-21(16)15(12)10-11-20(4,24-19)25-26-21/h12-19H,5-11H2,1-4H3/t12-,13?,14-,15?,16?,17?,18?,19-,20?,21-/m1/s1. The molecule has 4 heterocycles. The van der Waals surface area contributed by atoms with E-state index < -0.39 is 11.4 Å². The minimum absolute atomic E-state index is 0.207. The average Bonchev–Trinajstić information content (AvgIpc) is 2.87. The van der Waals surface area contributed by atoms with Gasteiger partial charge in [0.25, 0.3) is 0 Å². The fraction of sp³-hybridized carbons (Fsp3) is 1.00. The fourth-order valence-electron chi connectivity index (χ4n) is 6.51. The van der Waals surface area contributed by atoms with E-state index in [0.717, 1.165) is 25.7 Å². The van der Waals surface area contributed by atoms with E-state index in [1.165, 1.54) is 19.3 Å². The van der Waals surface area contributed by atoms with Crippen LogP contribution in [0.2, 0.25) is 0 Å². The Balaban J connectivity index is 1.47. The highest BCUT2D eigenvalue weighted by molar-refractivity contribution is 5.09. The second-order valence-corrected chi connectivity index (χ2v) is 9.86. The third kappa shape index (κ3) is 2.47. The molecule has 0 amide bonds. The van der Waals surface area contributed by atoms with E-state index in [9.17, 15) is 0 Å². The van der Waals surface area contributed by atoms with Crippen molar-refractivity contribution in [2.24, 2.45) is 29.6 Å². The SMILES string of the molecule is CC1CCCC1OC1O[C@@H]2OC3(C)CCC4[C@H](C)CCC([C@H]1C)[C@]42OO3. The third-order valence-electron chi connectivity index (χ3n) is 8.19. The van der Waals surface area contributed by atoms with Gasteiger partial charge >= 0.3 is 0 Å². The van der Waals surface area contributed by atoms with Gasteiger partial charge in [-0.1, -0.05) is 27.2 Å². The Hall–Kier alpha value is -0.200. The zero-order chi connectivity index (χ0) is 18.1. The first-order valence-corrected chi connectivity index (χ1v) is 10.8. The molecule has 2 saturated carbocycles. The summed E-state index contributed by atoms with van der Waals surface area (Å²) < 4.78 is 19.4. The summed E-state index contributed by atoms with van der Waals surface area (Å²) >= 11 is 0. The quantitative estimate of drug-likeness (QED) is 0.678. The molecule has 6 unspecified atom stereocenters. The van der Waals surface area contributed by atoms with Gasteiger partial charge < -0.3 is 14.2 Å². The molecule has 6 rings (SSSR count). The summed E-state index contributed by atoms with van der Waals surface area (Å²) in [6.45, 7) is 8.90. The Morgan fingerprint density at radius 1 is 0.885 bits per heavy atom. The van der Waals surface area contributed by atoms with E-state index in [2.05, 4.69) is 20.8 Å². The highest BCUT2D eigenvalue weighted by atomic mass is 17.3. The molecule has 0 aromatic heterocycles. The topological polar surface area (TPSA) is 46.2 Å². The van der Waals surface area contributed by atoms with Crippen LogP contribution in [0.5, 0.6) is 0 Å². The van der Waals surface area contributed by atoms with E-state index >= 15 is 0 Å². The van der Waals surface area contributed by atoms with Crippen LogP contribution < -0.4 is 0 Å². The molecule has 6 fully saturated rings. The van der Waals surface area contributed by atoms with Crippen molar-refractivity contribution in [2.75, 3.05) is 0 Å². The maximum atomic E-state index is 6.52. The monoisotopic (exact) mass is 366 g/mol. The van der Waals surface area contributed by atoms with Crippen LogP contribution in [0.25, 0.3) is 0 Å². The molecule has 2 aliphatic carbocycles. The van der Waals surface area contributed by atoms with Crippen molar-refractivity contribution in [1.82, 2.24) is 0 Å². The Kier molecular flexibility index (Phi) is 4.23. The minimum atomic E-state index is -0.705. The Morgan fingerprint density at radius 2 is 1.73 bits per heavy atom. The van der Waals surface area contributed by atoms with Gasteiger partial charge in [0.2, 0.25) is 5.79 Å². The lowest BCUT2D eigenvalue weighted by Crippen LogP contribution is -2.70. The molecule has 148 valence electrons. The molecule has 0 radical (unpaired) electrons. The third-order valence-corrected chi connectivity index (χ3v) is 8.19. The molecule has 2 bridgehead atoms. The zero-order valence-electron chi connectivity index (χ0n) is 16.6. The summed E-state index contributed by atoms with van der Waals surface area (Å²) in [6.07, 6.45) is 7.67. The van der Waals surface area contributed by atoms with Gasteiger partial charge in [-0.15, -0.1) is 0 Å². The first-order valence-electron chi connectivity index (χ1n) is 10.8. The highest BCUT2D eigenvalue weighted by Gasteiger charge is 2.69. The molecule has 26 heavy (non-hydrogen) atoms. The summed E-state index contributed by atoms with van der Waals surface area (Å²) in [4.78, 5) is 12.1. The van der Waals surface area contributed by atoms with Gasteiger partial charge in [-0.05, 0) is 56.8 Å². The van der Waals surface area contributed by atoms with Gasteiger partial charge in [0.1, 0.15) is 0 Å². The lowest BCUT2D eigenvalue weighted by Gasteiger charge is -2.60. The lowest BCUT2D eigenvalue weighted by atomic mass is 9.58. The van der Waals surface area contributed by atoms with Gasteiger partial charge in [-0.3, -0.25) is 0 Å². The number of hydrogen-bond donors (Lipinski definition) is 0. The van der Waals surface area contributed by atoms with Gasteiger partial charge in [0.15, 0.2) is 18.2 Å². The molecule has 6 aliphatic rings. The highest BCUT2D eigenvalue weighted by Crippen LogP contribution is 2.60. The molecule has 4 aliphatic heterocycles. The van der Waals surface area contributed by atoms with E-state index in [-0.39, 0.29) is 18.5 Å². The molecular formula is C21H34O5. The molecule has 0 aromatic rings. The zero-order valence-corrected chi connectivity index (χ0v) is 16.6. The largest absolute Gasteiger partial charge is 0.349 e. The first kappa shape index (κ1) is 17.9. The molecular weight excluding hydrogens is 332 g/mol. The van der Waals surface area contributed by atoms with Crippen molar-refractivity contribution in [2.45, 2.75) is 103 Å². The van der Waals surface area contributed by atoms with Crippen LogP contribution in [-0.2, 0) is 24.0 Å². The van der Waals surface area contributed by atoms with Crippen LogP contribution >= 0.6 is 0 Å². The maximum Gasteiger partial charge on any atom is 0.201 e. The molecule has 10 atom stereocenters. The molecule has 5 nitrogen and oxygen atoms in total. The van der Waals surface area contributed by atoms with Crippen molar-refractivity contribution in [3.8, 4) is 0 Å². The van der Waals surface area contributed by atoms with E-state index in [0.29, 0.717) is 29.8 Å². The van der Waals surface area contributed by atoms with Crippen LogP contribution in [-0.4, -0.2) is 30.1 Å². The Morgan fingerprint density at radius 3 is 2.50 bits per heavy atom. The first-order chi connectivity index (χ1) is 12.4. The Bertz CT molecular complexity index is 555. The number of hydrogen-bond acceptors (Lipinski definition) is 5. The van der Waals surface area contributed by atoms with Gasteiger partial charge in [-0.25, -0.2) is 9.78 Å². The van der Waals surface area contributed by atoms with Crippen LogP contribution in [0.15, 0.2) is 0 Å². The second kappa shape index (κ2) is 6.15. The van der Waals surface area contributed by atoms with E-state index in [4.69, 9.17) is 24.0 Å². The average molecular weight is 366 g/mol. The van der Waals surface area contributed by atoms with Crippen molar-refractivity contribution in [3.63, 3.8) is 0 Å². The van der Waals surface area contributed by atoms with Gasteiger partial charge in [0.05, 0.1) is 6.10 Å². The molecule has 1 spiro atoms. The van der Waals surface area contributed by atoms with Crippen molar-refractivity contribution >= 4 is 0 Å². The molecule has 0 aromatic carbocycles. The summed E-state index contributed by atoms with van der Waals surface area (Å²) in [5.41, 5.74) is -0.478. The van der Waals surface area contributed by atoms with Crippen molar-refractivity contribution < 1.29 is 24.0 Å². The Labute approximate surface area is 157 Å². The number of ether oxygens (including phenoxy) is 3. The number of fused-ring (bicyclic) bond motifs is 2. The van der Waals surface area contributed by atoms with E-state index in [1.807, 2.05) is 6.92 Å². The normalized spacial score (nSPS) is 59.1. The smallest absolute Gasteiger partial charge is 0.201 e. The van der Waals surface area contributed by atoms with Crippen molar-refractivity contribution in [3.05, 3.63) is 0 Å². The van der Waals surface area contributed by atoms with Crippen LogP contribution in [0, 0.1) is 29.6 Å². The predicted molar refractivity (Wildman–Crippen MR) is 94.7 cm³/mol. The van der Waals surface area contributed by atoms with Crippen LogP contribution in [0.4, 0.5) is 0 Å². The van der Waals surface area contributed by atoms with Crippen molar-refractivity contribution in [1.29, 1.82) is 0 Å². The van der Waals surface area contributed by atoms with Gasteiger partial charge in [0, 0.05) is 18.3 Å².